The van der Waals surface area contributed by atoms with Gasteiger partial charge in [0.25, 0.3) is 17.7 Å². The third kappa shape index (κ3) is 2.81. The Hall–Kier alpha value is -3.61. The van der Waals surface area contributed by atoms with E-state index in [1.54, 1.807) is 13.1 Å². The second-order valence-corrected chi connectivity index (χ2v) is 6.83. The molecule has 1 aliphatic rings. The van der Waals surface area contributed by atoms with Crippen molar-refractivity contribution in [1.82, 2.24) is 19.8 Å². The molecule has 0 saturated heterocycles. The maximum Gasteiger partial charge on any atom is 0.261 e. The van der Waals surface area contributed by atoms with E-state index in [1.807, 2.05) is 31.2 Å². The van der Waals surface area contributed by atoms with Crippen LogP contribution in [0.1, 0.15) is 42.6 Å². The van der Waals surface area contributed by atoms with Gasteiger partial charge in [0, 0.05) is 30.7 Å². The van der Waals surface area contributed by atoms with E-state index in [0.717, 1.165) is 21.5 Å². The van der Waals surface area contributed by atoms with Crippen molar-refractivity contribution < 1.29 is 14.4 Å². The molecule has 0 radical (unpaired) electrons. The molecule has 0 unspecified atom stereocenters. The van der Waals surface area contributed by atoms with E-state index in [0.29, 0.717) is 17.0 Å². The summed E-state index contributed by atoms with van der Waals surface area (Å²) < 4.78 is 0. The number of aromatic nitrogens is 2. The lowest BCUT2D eigenvalue weighted by Crippen LogP contribution is -2.27. The highest BCUT2D eigenvalue weighted by Crippen LogP contribution is 2.23. The minimum absolute atomic E-state index is 0.231. The van der Waals surface area contributed by atoms with Gasteiger partial charge in [0.05, 0.1) is 23.2 Å². The van der Waals surface area contributed by atoms with Gasteiger partial charge in [-0.25, -0.2) is 9.97 Å². The maximum atomic E-state index is 12.8. The zero-order valence-corrected chi connectivity index (χ0v) is 15.8. The molecule has 1 aliphatic heterocycles. The van der Waals surface area contributed by atoms with Crippen molar-refractivity contribution in [2.24, 2.45) is 0 Å². The van der Waals surface area contributed by atoms with Gasteiger partial charge >= 0.3 is 0 Å². The van der Waals surface area contributed by atoms with E-state index in [-0.39, 0.29) is 23.9 Å². The van der Waals surface area contributed by atoms with Gasteiger partial charge in [-0.3, -0.25) is 19.3 Å². The quantitative estimate of drug-likeness (QED) is 0.658. The first-order valence-corrected chi connectivity index (χ1v) is 8.81. The molecule has 0 saturated carbocycles. The van der Waals surface area contributed by atoms with Gasteiger partial charge < -0.3 is 4.90 Å². The first-order chi connectivity index (χ1) is 13.4. The van der Waals surface area contributed by atoms with Crippen molar-refractivity contribution in [2.75, 3.05) is 14.1 Å². The summed E-state index contributed by atoms with van der Waals surface area (Å²) in [5, 5.41) is 0.978. The van der Waals surface area contributed by atoms with Gasteiger partial charge in [-0.05, 0) is 31.2 Å². The topological polar surface area (TPSA) is 83.5 Å². The van der Waals surface area contributed by atoms with Crippen LogP contribution >= 0.6 is 0 Å². The summed E-state index contributed by atoms with van der Waals surface area (Å²) in [6, 6.07) is 12.3. The summed E-state index contributed by atoms with van der Waals surface area (Å²) in [7, 11) is 3.08. The molecule has 3 amide bonds. The average molecular weight is 374 g/mol. The fourth-order valence-corrected chi connectivity index (χ4v) is 3.36. The molecule has 0 spiro atoms. The van der Waals surface area contributed by atoms with Gasteiger partial charge in [-0.1, -0.05) is 18.2 Å². The summed E-state index contributed by atoms with van der Waals surface area (Å²) in [6.07, 6.45) is 0. The summed E-state index contributed by atoms with van der Waals surface area (Å²) in [5.41, 5.74) is 2.60. The van der Waals surface area contributed by atoms with Gasteiger partial charge in [0.1, 0.15) is 5.82 Å². The van der Waals surface area contributed by atoms with Gasteiger partial charge in [0.2, 0.25) is 0 Å². The first kappa shape index (κ1) is 17.8. The zero-order chi connectivity index (χ0) is 20.0. The van der Waals surface area contributed by atoms with Crippen LogP contribution in [0, 0.1) is 6.92 Å². The fraction of sp³-hybridized carbons (Fsp3) is 0.190. The normalized spacial score (nSPS) is 13.2. The van der Waals surface area contributed by atoms with Crippen LogP contribution in [0.5, 0.6) is 0 Å². The molecule has 0 fully saturated rings. The Balaban J connectivity index is 1.60. The zero-order valence-electron chi connectivity index (χ0n) is 15.8. The van der Waals surface area contributed by atoms with Gasteiger partial charge in [-0.15, -0.1) is 0 Å². The molecule has 4 rings (SSSR count). The van der Waals surface area contributed by atoms with Gasteiger partial charge in [0.15, 0.2) is 0 Å². The Morgan fingerprint density at radius 1 is 1.04 bits per heavy atom. The van der Waals surface area contributed by atoms with Crippen LogP contribution in [0.15, 0.2) is 42.5 Å². The second kappa shape index (κ2) is 6.53. The molecule has 28 heavy (non-hydrogen) atoms. The number of imide groups is 1. The van der Waals surface area contributed by atoms with Crippen LogP contribution in [0.4, 0.5) is 0 Å². The van der Waals surface area contributed by atoms with E-state index in [4.69, 9.17) is 0 Å². The molecule has 2 aromatic carbocycles. The van der Waals surface area contributed by atoms with Gasteiger partial charge in [-0.2, -0.15) is 0 Å². The highest BCUT2D eigenvalue weighted by molar-refractivity contribution is 6.21. The van der Waals surface area contributed by atoms with Crippen LogP contribution in [0.2, 0.25) is 0 Å². The first-order valence-electron chi connectivity index (χ1n) is 8.81. The van der Waals surface area contributed by atoms with Crippen molar-refractivity contribution >= 4 is 28.6 Å². The summed E-state index contributed by atoms with van der Waals surface area (Å²) in [4.78, 5) is 48.6. The Kier molecular flexibility index (Phi) is 4.15. The molecular weight excluding hydrogens is 356 g/mol. The van der Waals surface area contributed by atoms with Crippen molar-refractivity contribution in [3.63, 3.8) is 0 Å². The Bertz CT molecular complexity index is 1160. The number of amides is 3. The number of fused-ring (bicyclic) bond motifs is 2. The van der Waals surface area contributed by atoms with Crippen LogP contribution in [0.25, 0.3) is 10.9 Å². The average Bonchev–Trinajstić information content (AvgIpc) is 2.91. The number of hydrogen-bond donors (Lipinski definition) is 0. The Morgan fingerprint density at radius 2 is 1.75 bits per heavy atom. The number of aryl methyl sites for hydroxylation is 1. The molecule has 0 aliphatic carbocycles. The maximum absolute atomic E-state index is 12.8. The molecule has 2 heterocycles. The number of carbonyl (C=O) groups excluding carboxylic acids is 3. The highest BCUT2D eigenvalue weighted by atomic mass is 16.2. The van der Waals surface area contributed by atoms with Crippen LogP contribution < -0.4 is 0 Å². The number of nitrogens with zero attached hydrogens (tertiary/aromatic N) is 4. The van der Waals surface area contributed by atoms with E-state index in [9.17, 15) is 14.4 Å². The molecule has 0 N–H and O–H groups in total. The van der Waals surface area contributed by atoms with Crippen molar-refractivity contribution in [3.05, 3.63) is 70.7 Å². The lowest BCUT2D eigenvalue weighted by atomic mass is 10.0. The highest BCUT2D eigenvalue weighted by Gasteiger charge is 2.33. The van der Waals surface area contributed by atoms with Crippen molar-refractivity contribution in [3.8, 4) is 0 Å². The largest absolute Gasteiger partial charge is 0.334 e. The molecule has 0 atom stereocenters. The van der Waals surface area contributed by atoms with Crippen LogP contribution in [0.3, 0.4) is 0 Å². The third-order valence-electron chi connectivity index (χ3n) is 4.90. The molecule has 7 heteroatoms. The summed E-state index contributed by atoms with van der Waals surface area (Å²) in [5.74, 6) is -0.482. The fourth-order valence-electron chi connectivity index (χ4n) is 3.36. The van der Waals surface area contributed by atoms with E-state index in [2.05, 4.69) is 9.97 Å². The van der Waals surface area contributed by atoms with E-state index in [1.165, 1.54) is 24.1 Å². The predicted octanol–water partition coefficient (Wildman–Crippen LogP) is 2.44. The Morgan fingerprint density at radius 3 is 2.54 bits per heavy atom. The SMILES string of the molecule is Cc1nc(CN(C)C(=O)c2ccc3c(c2)C(=O)N(C)C3=O)nc2ccccc12. The third-order valence-corrected chi connectivity index (χ3v) is 4.90. The van der Waals surface area contributed by atoms with E-state index < -0.39 is 5.91 Å². The molecule has 7 nitrogen and oxygen atoms in total. The smallest absolute Gasteiger partial charge is 0.261 e. The number of carbonyl (C=O) groups is 3. The number of para-hydroxylation sites is 1. The molecular formula is C21H18N4O3. The second-order valence-electron chi connectivity index (χ2n) is 6.83. The molecule has 1 aromatic heterocycles. The standard InChI is InChI=1S/C21H18N4O3/c1-12-14-6-4-5-7-17(14)23-18(22-12)11-24(2)19(26)13-8-9-15-16(10-13)21(28)25(3)20(15)27/h4-10H,11H2,1-3H3. The number of benzene rings is 2. The van der Waals surface area contributed by atoms with Crippen molar-refractivity contribution in [2.45, 2.75) is 13.5 Å². The number of hydrogen-bond acceptors (Lipinski definition) is 5. The Labute approximate surface area is 161 Å². The minimum atomic E-state index is -0.397. The predicted molar refractivity (Wildman–Crippen MR) is 103 cm³/mol. The van der Waals surface area contributed by atoms with E-state index >= 15 is 0 Å². The number of rotatable bonds is 3. The molecule has 140 valence electrons. The monoisotopic (exact) mass is 374 g/mol. The lowest BCUT2D eigenvalue weighted by Gasteiger charge is -2.17. The van der Waals surface area contributed by atoms with Crippen LogP contribution in [-0.2, 0) is 6.54 Å². The molecule has 3 aromatic rings. The summed E-state index contributed by atoms with van der Waals surface area (Å²) in [6.45, 7) is 2.14. The minimum Gasteiger partial charge on any atom is -0.334 e. The lowest BCUT2D eigenvalue weighted by molar-refractivity contribution is 0.0692. The van der Waals surface area contributed by atoms with Crippen LogP contribution in [-0.4, -0.2) is 51.6 Å². The summed E-state index contributed by atoms with van der Waals surface area (Å²) >= 11 is 0. The molecule has 0 bridgehead atoms. The van der Waals surface area contributed by atoms with Crippen molar-refractivity contribution in [1.29, 1.82) is 0 Å².